The first-order valence-electron chi connectivity index (χ1n) is 7.32. The van der Waals surface area contributed by atoms with E-state index >= 15 is 0 Å². The summed E-state index contributed by atoms with van der Waals surface area (Å²) in [6, 6.07) is 8.15. The van der Waals surface area contributed by atoms with E-state index in [1.165, 1.54) is 0 Å². The van der Waals surface area contributed by atoms with E-state index < -0.39 is 0 Å². The second-order valence-electron chi connectivity index (χ2n) is 5.17. The minimum Gasteiger partial charge on any atom is -0.334 e. The predicted octanol–water partition coefficient (Wildman–Crippen LogP) is 2.86. The molecular weight excluding hydrogens is 332 g/mol. The van der Waals surface area contributed by atoms with Crippen LogP contribution in [0, 0.1) is 0 Å². The van der Waals surface area contributed by atoms with Crippen LogP contribution in [-0.2, 0) is 0 Å². The van der Waals surface area contributed by atoms with Crippen molar-refractivity contribution in [3.8, 4) is 11.5 Å². The van der Waals surface area contributed by atoms with E-state index in [-0.39, 0.29) is 6.04 Å². The second kappa shape index (κ2) is 6.68. The van der Waals surface area contributed by atoms with Gasteiger partial charge < -0.3 is 9.84 Å². The normalized spacial score (nSPS) is 17.8. The Morgan fingerprint density at radius 3 is 2.67 bits per heavy atom. The maximum atomic E-state index is 5.45. The Labute approximate surface area is 132 Å². The Morgan fingerprint density at radius 2 is 2.00 bits per heavy atom. The Bertz CT molecular complexity index is 578. The molecule has 112 valence electrons. The highest BCUT2D eigenvalue weighted by Gasteiger charge is 2.25. The fourth-order valence-corrected chi connectivity index (χ4v) is 2.94. The van der Waals surface area contributed by atoms with Crippen LogP contribution in [0.4, 0.5) is 0 Å². The van der Waals surface area contributed by atoms with Gasteiger partial charge >= 0.3 is 0 Å². The summed E-state index contributed by atoms with van der Waals surface area (Å²) in [6.45, 7) is 6.27. The van der Waals surface area contributed by atoms with Gasteiger partial charge in [-0.3, -0.25) is 4.90 Å². The molecule has 6 heteroatoms. The lowest BCUT2D eigenvalue weighted by molar-refractivity contribution is 0.160. The number of piperazine rings is 1. The van der Waals surface area contributed by atoms with Gasteiger partial charge in [0.25, 0.3) is 5.89 Å². The Hall–Kier alpha value is -1.24. The highest BCUT2D eigenvalue weighted by Crippen LogP contribution is 2.25. The lowest BCUT2D eigenvalue weighted by Gasteiger charge is -2.32. The Morgan fingerprint density at radius 1 is 1.29 bits per heavy atom. The fraction of sp³-hybridized carbons (Fsp3) is 0.467. The molecule has 0 radical (unpaired) electrons. The molecule has 1 aliphatic rings. The van der Waals surface area contributed by atoms with Gasteiger partial charge in [0.05, 0.1) is 6.04 Å². The molecule has 0 saturated carbocycles. The van der Waals surface area contributed by atoms with Crippen molar-refractivity contribution in [1.29, 1.82) is 0 Å². The zero-order valence-corrected chi connectivity index (χ0v) is 13.6. The van der Waals surface area contributed by atoms with Crippen molar-refractivity contribution in [3.63, 3.8) is 0 Å². The summed E-state index contributed by atoms with van der Waals surface area (Å²) in [7, 11) is 0. The van der Waals surface area contributed by atoms with E-state index in [2.05, 4.69) is 43.2 Å². The number of rotatable bonds is 4. The first-order chi connectivity index (χ1) is 10.3. The van der Waals surface area contributed by atoms with Gasteiger partial charge in [0, 0.05) is 36.2 Å². The fourth-order valence-electron chi connectivity index (χ4n) is 2.68. The van der Waals surface area contributed by atoms with Gasteiger partial charge in [0.2, 0.25) is 0 Å². The van der Waals surface area contributed by atoms with Gasteiger partial charge in [-0.2, -0.15) is 4.98 Å². The summed E-state index contributed by atoms with van der Waals surface area (Å²) in [6.07, 6.45) is 0.985. The number of halogens is 1. The van der Waals surface area contributed by atoms with Crippen molar-refractivity contribution in [1.82, 2.24) is 20.4 Å². The minimum absolute atomic E-state index is 0.236. The van der Waals surface area contributed by atoms with Gasteiger partial charge in [0.15, 0.2) is 5.82 Å². The summed E-state index contributed by atoms with van der Waals surface area (Å²) in [4.78, 5) is 7.02. The molecule has 1 saturated heterocycles. The van der Waals surface area contributed by atoms with Crippen molar-refractivity contribution in [2.24, 2.45) is 0 Å². The molecular formula is C15H19BrN4O. The van der Waals surface area contributed by atoms with Crippen LogP contribution in [0.15, 0.2) is 33.3 Å². The van der Waals surface area contributed by atoms with Gasteiger partial charge in [-0.05, 0) is 30.7 Å². The maximum Gasteiger partial charge on any atom is 0.257 e. The van der Waals surface area contributed by atoms with Crippen LogP contribution < -0.4 is 5.32 Å². The van der Waals surface area contributed by atoms with Crippen LogP contribution in [0.5, 0.6) is 0 Å². The lowest BCUT2D eigenvalue weighted by Crippen LogP contribution is -2.45. The zero-order chi connectivity index (χ0) is 14.7. The van der Waals surface area contributed by atoms with E-state index in [1.807, 2.05) is 24.3 Å². The SMILES string of the molecule is CCC(c1noc(-c2ccc(Br)cc2)n1)N1CCNCC1. The van der Waals surface area contributed by atoms with Crippen LogP contribution in [0.25, 0.3) is 11.5 Å². The summed E-state index contributed by atoms with van der Waals surface area (Å²) in [5.74, 6) is 1.38. The van der Waals surface area contributed by atoms with Crippen LogP contribution in [0.3, 0.4) is 0 Å². The average Bonchev–Trinajstić information content (AvgIpc) is 2.99. The number of hydrogen-bond donors (Lipinski definition) is 1. The second-order valence-corrected chi connectivity index (χ2v) is 6.09. The third-order valence-electron chi connectivity index (χ3n) is 3.81. The standard InChI is InChI=1S/C15H19BrN4O/c1-2-13(20-9-7-17-8-10-20)14-18-15(21-19-14)11-3-5-12(16)6-4-11/h3-6,13,17H,2,7-10H2,1H3. The number of benzene rings is 1. The molecule has 1 aromatic carbocycles. The van der Waals surface area contributed by atoms with Crippen molar-refractivity contribution >= 4 is 15.9 Å². The molecule has 3 rings (SSSR count). The van der Waals surface area contributed by atoms with E-state index in [1.54, 1.807) is 0 Å². The molecule has 1 aliphatic heterocycles. The molecule has 2 aromatic rings. The van der Waals surface area contributed by atoms with Crippen LogP contribution >= 0.6 is 15.9 Å². The molecule has 21 heavy (non-hydrogen) atoms. The summed E-state index contributed by atoms with van der Waals surface area (Å²) >= 11 is 3.43. The smallest absolute Gasteiger partial charge is 0.257 e. The van der Waals surface area contributed by atoms with E-state index in [0.29, 0.717) is 5.89 Å². The monoisotopic (exact) mass is 350 g/mol. The first kappa shape index (κ1) is 14.7. The van der Waals surface area contributed by atoms with Gasteiger partial charge in [-0.1, -0.05) is 28.0 Å². The highest BCUT2D eigenvalue weighted by atomic mass is 79.9. The van der Waals surface area contributed by atoms with Crippen molar-refractivity contribution in [2.45, 2.75) is 19.4 Å². The minimum atomic E-state index is 0.236. The third kappa shape index (κ3) is 3.33. The highest BCUT2D eigenvalue weighted by molar-refractivity contribution is 9.10. The topological polar surface area (TPSA) is 54.2 Å². The molecule has 0 spiro atoms. The molecule has 1 aromatic heterocycles. The molecule has 1 N–H and O–H groups in total. The molecule has 2 heterocycles. The molecule has 1 fully saturated rings. The summed E-state index contributed by atoms with van der Waals surface area (Å²) in [5.41, 5.74) is 0.951. The summed E-state index contributed by atoms with van der Waals surface area (Å²) < 4.78 is 6.49. The molecule has 1 atom stereocenters. The molecule has 0 bridgehead atoms. The zero-order valence-electron chi connectivity index (χ0n) is 12.1. The van der Waals surface area contributed by atoms with Crippen LogP contribution in [-0.4, -0.2) is 41.2 Å². The average molecular weight is 351 g/mol. The largest absolute Gasteiger partial charge is 0.334 e. The maximum absolute atomic E-state index is 5.45. The molecule has 0 amide bonds. The van der Waals surface area contributed by atoms with E-state index in [4.69, 9.17) is 4.52 Å². The van der Waals surface area contributed by atoms with E-state index in [9.17, 15) is 0 Å². The third-order valence-corrected chi connectivity index (χ3v) is 4.34. The number of aromatic nitrogens is 2. The lowest BCUT2D eigenvalue weighted by atomic mass is 10.1. The molecule has 0 aliphatic carbocycles. The quantitative estimate of drug-likeness (QED) is 0.918. The molecule has 1 unspecified atom stereocenters. The van der Waals surface area contributed by atoms with Crippen molar-refractivity contribution < 1.29 is 4.52 Å². The van der Waals surface area contributed by atoms with Gasteiger partial charge in [0.1, 0.15) is 0 Å². The van der Waals surface area contributed by atoms with Crippen molar-refractivity contribution in [2.75, 3.05) is 26.2 Å². The van der Waals surface area contributed by atoms with E-state index in [0.717, 1.165) is 48.5 Å². The van der Waals surface area contributed by atoms with Crippen LogP contribution in [0.1, 0.15) is 25.2 Å². The summed E-state index contributed by atoms with van der Waals surface area (Å²) in [5, 5.41) is 7.57. The van der Waals surface area contributed by atoms with Gasteiger partial charge in [-0.15, -0.1) is 0 Å². The first-order valence-corrected chi connectivity index (χ1v) is 8.11. The number of nitrogens with one attached hydrogen (secondary N) is 1. The number of nitrogens with zero attached hydrogens (tertiary/aromatic N) is 3. The molecule has 5 nitrogen and oxygen atoms in total. The van der Waals surface area contributed by atoms with Crippen LogP contribution in [0.2, 0.25) is 0 Å². The number of hydrogen-bond acceptors (Lipinski definition) is 5. The van der Waals surface area contributed by atoms with Gasteiger partial charge in [-0.25, -0.2) is 0 Å². The Kier molecular flexibility index (Phi) is 4.67. The van der Waals surface area contributed by atoms with Crippen molar-refractivity contribution in [3.05, 3.63) is 34.6 Å². The Balaban J connectivity index is 1.80. The predicted molar refractivity (Wildman–Crippen MR) is 84.9 cm³/mol.